The Kier molecular flexibility index (Phi) is 5.88. The van der Waals surface area contributed by atoms with Crippen LogP contribution in [0.25, 0.3) is 0 Å². The summed E-state index contributed by atoms with van der Waals surface area (Å²) in [5, 5.41) is 0. The highest BCUT2D eigenvalue weighted by atomic mass is 79.9. The molecular weight excluding hydrogens is 441 g/mol. The number of aliphatic imine (C=N–C) groups is 2. The molecule has 0 aliphatic rings. The number of guanidine groups is 2. The van der Waals surface area contributed by atoms with Crippen LogP contribution in [0.1, 0.15) is 5.56 Å². The molecule has 0 saturated heterocycles. The van der Waals surface area contributed by atoms with Crippen molar-refractivity contribution >= 4 is 33.5 Å². The molecule has 0 unspecified atom stereocenters. The van der Waals surface area contributed by atoms with E-state index in [0.29, 0.717) is 4.47 Å². The molecule has 144 valence electrons. The van der Waals surface area contributed by atoms with Gasteiger partial charge in [0.25, 0.3) is 0 Å². The smallest absolute Gasteiger partial charge is 0.416 e. The molecule has 27 heavy (non-hydrogen) atoms. The quantitative estimate of drug-likeness (QED) is 0.374. The molecule has 0 fully saturated rings. The lowest BCUT2D eigenvalue weighted by atomic mass is 10.2. The molecule has 12 heteroatoms. The lowest BCUT2D eigenvalue weighted by Gasteiger charge is -2.13. The normalized spacial score (nSPS) is 12.0. The first-order chi connectivity index (χ1) is 12.5. The van der Waals surface area contributed by atoms with Crippen LogP contribution in [0.2, 0.25) is 0 Å². The van der Waals surface area contributed by atoms with Gasteiger partial charge in [-0.3, -0.25) is 0 Å². The zero-order valence-electron chi connectivity index (χ0n) is 13.2. The minimum absolute atomic E-state index is 0.0365. The number of hydrogen-bond acceptors (Lipinski definition) is 2. The van der Waals surface area contributed by atoms with Gasteiger partial charge in [-0.1, -0.05) is 15.9 Å². The van der Waals surface area contributed by atoms with E-state index < -0.39 is 29.1 Å². The summed E-state index contributed by atoms with van der Waals surface area (Å²) >= 11 is 3.16. The van der Waals surface area contributed by atoms with Crippen LogP contribution in [-0.2, 0) is 6.18 Å². The minimum Gasteiger partial charge on any atom is -0.449 e. The first-order valence-corrected chi connectivity index (χ1v) is 7.74. The van der Waals surface area contributed by atoms with Crippen molar-refractivity contribution in [2.24, 2.45) is 27.2 Å². The van der Waals surface area contributed by atoms with Gasteiger partial charge in [-0.25, -0.2) is 13.8 Å². The second-order valence-electron chi connectivity index (χ2n) is 4.99. The SMILES string of the molecule is NC(N)=NC(N)=Nc1cc(Br)ccc1Oc1c(F)cc(C(F)(F)F)cc1F. The average molecular weight is 452 g/mol. The molecule has 0 spiro atoms. The first-order valence-electron chi connectivity index (χ1n) is 6.95. The van der Waals surface area contributed by atoms with E-state index in [2.05, 4.69) is 25.9 Å². The Morgan fingerprint density at radius 1 is 1.00 bits per heavy atom. The Morgan fingerprint density at radius 3 is 2.11 bits per heavy atom. The number of halogens is 6. The van der Waals surface area contributed by atoms with E-state index in [9.17, 15) is 22.0 Å². The third-order valence-electron chi connectivity index (χ3n) is 2.94. The third kappa shape index (κ3) is 5.29. The van der Waals surface area contributed by atoms with E-state index in [-0.39, 0.29) is 35.5 Å². The molecule has 6 N–H and O–H groups in total. The predicted molar refractivity (Wildman–Crippen MR) is 92.7 cm³/mol. The van der Waals surface area contributed by atoms with Crippen molar-refractivity contribution < 1.29 is 26.7 Å². The molecule has 6 nitrogen and oxygen atoms in total. The molecule has 0 aromatic heterocycles. The van der Waals surface area contributed by atoms with Crippen LogP contribution in [0, 0.1) is 11.6 Å². The van der Waals surface area contributed by atoms with E-state index >= 15 is 0 Å². The molecule has 2 rings (SSSR count). The van der Waals surface area contributed by atoms with Gasteiger partial charge in [0.15, 0.2) is 29.1 Å². The van der Waals surface area contributed by atoms with Gasteiger partial charge in [0.2, 0.25) is 5.96 Å². The van der Waals surface area contributed by atoms with E-state index in [4.69, 9.17) is 21.9 Å². The maximum Gasteiger partial charge on any atom is 0.416 e. The molecule has 0 amide bonds. The minimum atomic E-state index is -4.91. The summed E-state index contributed by atoms with van der Waals surface area (Å²) in [7, 11) is 0. The Balaban J connectivity index is 2.48. The van der Waals surface area contributed by atoms with Crippen molar-refractivity contribution in [3.05, 3.63) is 52.0 Å². The average Bonchev–Trinajstić information content (AvgIpc) is 2.50. The molecule has 0 saturated carbocycles. The maximum atomic E-state index is 14.0. The summed E-state index contributed by atoms with van der Waals surface area (Å²) in [5.74, 6) is -5.10. The van der Waals surface area contributed by atoms with Gasteiger partial charge >= 0.3 is 6.18 Å². The number of hydrogen-bond donors (Lipinski definition) is 3. The number of ether oxygens (including phenoxy) is 1. The van der Waals surface area contributed by atoms with Crippen molar-refractivity contribution in [3.63, 3.8) is 0 Å². The van der Waals surface area contributed by atoms with Crippen molar-refractivity contribution in [2.75, 3.05) is 0 Å². The van der Waals surface area contributed by atoms with Gasteiger partial charge in [-0.05, 0) is 30.3 Å². The molecule has 0 atom stereocenters. The molecule has 2 aromatic carbocycles. The van der Waals surface area contributed by atoms with Gasteiger partial charge in [-0.2, -0.15) is 18.2 Å². The van der Waals surface area contributed by atoms with Crippen LogP contribution in [0.4, 0.5) is 27.6 Å². The molecule has 0 radical (unpaired) electrons. The highest BCUT2D eigenvalue weighted by molar-refractivity contribution is 9.10. The van der Waals surface area contributed by atoms with E-state index in [1.54, 1.807) is 0 Å². The van der Waals surface area contributed by atoms with Crippen LogP contribution in [0.3, 0.4) is 0 Å². The molecule has 2 aromatic rings. The fourth-order valence-corrected chi connectivity index (χ4v) is 2.22. The van der Waals surface area contributed by atoms with Crippen molar-refractivity contribution in [1.82, 2.24) is 0 Å². The number of benzene rings is 2. The summed E-state index contributed by atoms with van der Waals surface area (Å²) in [4.78, 5) is 7.32. The fourth-order valence-electron chi connectivity index (χ4n) is 1.88. The number of nitrogens with zero attached hydrogens (tertiary/aromatic N) is 2. The lowest BCUT2D eigenvalue weighted by molar-refractivity contribution is -0.138. The topological polar surface area (TPSA) is 112 Å². The molecule has 0 bridgehead atoms. The van der Waals surface area contributed by atoms with Gasteiger partial charge < -0.3 is 21.9 Å². The monoisotopic (exact) mass is 451 g/mol. The fraction of sp³-hybridized carbons (Fsp3) is 0.0667. The number of alkyl halides is 3. The van der Waals surface area contributed by atoms with Crippen LogP contribution in [-0.4, -0.2) is 11.9 Å². The molecule has 0 aliphatic heterocycles. The molecule has 0 aliphatic carbocycles. The van der Waals surface area contributed by atoms with Crippen LogP contribution in [0.5, 0.6) is 11.5 Å². The highest BCUT2D eigenvalue weighted by Gasteiger charge is 2.33. The Bertz CT molecular complexity index is 902. The number of rotatable bonds is 3. The standard InChI is InChI=1S/C15H11BrF5N5O/c16-7-1-2-11(10(5-7)25-14(24)26-13(22)23)27-12-8(17)3-6(4-9(12)18)15(19,20)21/h1-5H,(H6,22,23,24,25,26). The first kappa shape index (κ1) is 20.4. The highest BCUT2D eigenvalue weighted by Crippen LogP contribution is 2.39. The predicted octanol–water partition coefficient (Wildman–Crippen LogP) is 3.76. The Morgan fingerprint density at radius 2 is 1.59 bits per heavy atom. The summed E-state index contributed by atoms with van der Waals surface area (Å²) in [6.45, 7) is 0. The van der Waals surface area contributed by atoms with E-state index in [1.807, 2.05) is 0 Å². The second-order valence-corrected chi connectivity index (χ2v) is 5.90. The van der Waals surface area contributed by atoms with Crippen molar-refractivity contribution in [3.8, 4) is 11.5 Å². The zero-order chi connectivity index (χ0) is 20.4. The van der Waals surface area contributed by atoms with E-state index in [0.717, 1.165) is 0 Å². The summed E-state index contributed by atoms with van der Waals surface area (Å²) < 4.78 is 71.4. The Labute approximate surface area is 157 Å². The molecular formula is C15H11BrF5N5O. The lowest BCUT2D eigenvalue weighted by Crippen LogP contribution is -2.26. The van der Waals surface area contributed by atoms with Crippen LogP contribution >= 0.6 is 15.9 Å². The van der Waals surface area contributed by atoms with Gasteiger partial charge in [0, 0.05) is 4.47 Å². The van der Waals surface area contributed by atoms with Gasteiger partial charge in [0.1, 0.15) is 5.69 Å². The van der Waals surface area contributed by atoms with Gasteiger partial charge in [-0.15, -0.1) is 0 Å². The largest absolute Gasteiger partial charge is 0.449 e. The van der Waals surface area contributed by atoms with Crippen LogP contribution in [0.15, 0.2) is 44.8 Å². The summed E-state index contributed by atoms with van der Waals surface area (Å²) in [6.07, 6.45) is -4.91. The summed E-state index contributed by atoms with van der Waals surface area (Å²) in [5.41, 5.74) is 14.3. The van der Waals surface area contributed by atoms with E-state index in [1.165, 1.54) is 18.2 Å². The van der Waals surface area contributed by atoms with Crippen LogP contribution < -0.4 is 21.9 Å². The van der Waals surface area contributed by atoms with Gasteiger partial charge in [0.05, 0.1) is 5.56 Å². The maximum absolute atomic E-state index is 14.0. The Hall–Kier alpha value is -2.89. The van der Waals surface area contributed by atoms with Crippen molar-refractivity contribution in [1.29, 1.82) is 0 Å². The van der Waals surface area contributed by atoms with Crippen molar-refractivity contribution in [2.45, 2.75) is 6.18 Å². The molecule has 0 heterocycles. The zero-order valence-corrected chi connectivity index (χ0v) is 14.8. The summed E-state index contributed by atoms with van der Waals surface area (Å²) in [6, 6.07) is 4.32. The number of nitrogens with two attached hydrogens (primary N) is 3. The second kappa shape index (κ2) is 7.78. The third-order valence-corrected chi connectivity index (χ3v) is 3.43.